The van der Waals surface area contributed by atoms with Crippen molar-refractivity contribution in [3.05, 3.63) is 35.9 Å². The Kier molecular flexibility index (Phi) is 5.93. The number of nitrogens with one attached hydrogen (secondary N) is 1. The Morgan fingerprint density at radius 2 is 2.05 bits per heavy atom. The summed E-state index contributed by atoms with van der Waals surface area (Å²) in [5.74, 6) is -1.37. The Bertz CT molecular complexity index is 581. The lowest BCUT2D eigenvalue weighted by Crippen LogP contribution is -2.45. The van der Waals surface area contributed by atoms with Gasteiger partial charge in [-0.1, -0.05) is 30.3 Å². The minimum absolute atomic E-state index is 0.112. The van der Waals surface area contributed by atoms with Gasteiger partial charge in [-0.05, 0) is 31.2 Å². The van der Waals surface area contributed by atoms with Crippen molar-refractivity contribution in [2.75, 3.05) is 12.4 Å². The van der Waals surface area contributed by atoms with E-state index in [0.29, 0.717) is 13.0 Å². The maximum absolute atomic E-state index is 12.1. The van der Waals surface area contributed by atoms with Crippen molar-refractivity contribution in [2.45, 2.75) is 37.8 Å². The third kappa shape index (κ3) is 5.40. The number of aliphatic carboxylic acids is 1. The molecule has 22 heavy (non-hydrogen) atoms. The summed E-state index contributed by atoms with van der Waals surface area (Å²) in [4.78, 5) is 11.3. The predicted octanol–water partition coefficient (Wildman–Crippen LogP) is 1.17. The number of hydrogen-bond donors (Lipinski definition) is 2. The van der Waals surface area contributed by atoms with Gasteiger partial charge in [0.15, 0.2) is 0 Å². The highest BCUT2D eigenvalue weighted by molar-refractivity contribution is 7.89. The van der Waals surface area contributed by atoms with Crippen LogP contribution in [0.15, 0.2) is 30.3 Å². The topological polar surface area (TPSA) is 92.7 Å². The summed E-state index contributed by atoms with van der Waals surface area (Å²) in [6, 6.07) is 7.78. The number of ether oxygens (including phenoxy) is 1. The van der Waals surface area contributed by atoms with Crippen LogP contribution < -0.4 is 4.72 Å². The van der Waals surface area contributed by atoms with Crippen LogP contribution in [0, 0.1) is 0 Å². The Morgan fingerprint density at radius 3 is 2.64 bits per heavy atom. The van der Waals surface area contributed by atoms with Crippen LogP contribution in [0.3, 0.4) is 0 Å². The summed E-state index contributed by atoms with van der Waals surface area (Å²) in [6.45, 7) is 0.562. The monoisotopic (exact) mass is 327 g/mol. The van der Waals surface area contributed by atoms with E-state index < -0.39 is 22.0 Å². The molecule has 0 radical (unpaired) electrons. The molecule has 0 bridgehead atoms. The van der Waals surface area contributed by atoms with Gasteiger partial charge in [0.2, 0.25) is 10.0 Å². The second-order valence-electron chi connectivity index (χ2n) is 5.47. The highest BCUT2D eigenvalue weighted by Gasteiger charge is 2.27. The zero-order valence-electron chi connectivity index (χ0n) is 12.3. The zero-order chi connectivity index (χ0) is 16.0. The molecule has 1 aliphatic rings. The van der Waals surface area contributed by atoms with Crippen LogP contribution in [-0.2, 0) is 26.0 Å². The van der Waals surface area contributed by atoms with Crippen molar-refractivity contribution >= 4 is 16.0 Å². The van der Waals surface area contributed by atoms with Crippen LogP contribution in [-0.4, -0.2) is 44.0 Å². The van der Waals surface area contributed by atoms with E-state index in [1.54, 1.807) is 24.3 Å². The van der Waals surface area contributed by atoms with Crippen molar-refractivity contribution in [2.24, 2.45) is 0 Å². The molecule has 1 saturated heterocycles. The fraction of sp³-hybridized carbons (Fsp3) is 0.533. The first-order valence-corrected chi connectivity index (χ1v) is 9.00. The van der Waals surface area contributed by atoms with E-state index in [4.69, 9.17) is 4.74 Å². The van der Waals surface area contributed by atoms with Crippen molar-refractivity contribution in [3.8, 4) is 0 Å². The molecule has 122 valence electrons. The Hall–Kier alpha value is -1.44. The molecule has 1 aromatic carbocycles. The highest BCUT2D eigenvalue weighted by Crippen LogP contribution is 2.14. The zero-order valence-corrected chi connectivity index (χ0v) is 13.1. The summed E-state index contributed by atoms with van der Waals surface area (Å²) in [5.41, 5.74) is 0.770. The normalized spacial score (nSPS) is 20.5. The number of hydrogen-bond acceptors (Lipinski definition) is 4. The second-order valence-corrected chi connectivity index (χ2v) is 7.27. The van der Waals surface area contributed by atoms with Crippen LogP contribution in [0.1, 0.15) is 24.8 Å². The van der Waals surface area contributed by atoms with Gasteiger partial charge in [-0.25, -0.2) is 13.1 Å². The van der Waals surface area contributed by atoms with Gasteiger partial charge in [-0.15, -0.1) is 0 Å². The van der Waals surface area contributed by atoms with E-state index in [-0.39, 0.29) is 18.3 Å². The van der Waals surface area contributed by atoms with Crippen molar-refractivity contribution in [1.29, 1.82) is 0 Å². The Morgan fingerprint density at radius 1 is 1.32 bits per heavy atom. The number of carboxylic acid groups (broad SMARTS) is 1. The molecule has 1 heterocycles. The van der Waals surface area contributed by atoms with Gasteiger partial charge < -0.3 is 9.84 Å². The fourth-order valence-corrected chi connectivity index (χ4v) is 3.94. The number of benzene rings is 1. The third-order valence-corrected chi connectivity index (χ3v) is 5.04. The molecule has 0 aromatic heterocycles. The molecule has 2 rings (SSSR count). The van der Waals surface area contributed by atoms with Gasteiger partial charge >= 0.3 is 5.97 Å². The standard InChI is InChI=1S/C15H21NO5S/c17-15(18)14(10-12-6-2-1-3-7-12)16-22(19,20)11-13-8-4-5-9-21-13/h1-3,6-7,13-14,16H,4-5,8-11H2,(H,17,18)/t13?,14-/m1/s1. The molecule has 6 nitrogen and oxygen atoms in total. The van der Waals surface area contributed by atoms with Crippen LogP contribution in [0.4, 0.5) is 0 Å². The van der Waals surface area contributed by atoms with E-state index in [1.165, 1.54) is 0 Å². The lowest BCUT2D eigenvalue weighted by atomic mass is 10.1. The van der Waals surface area contributed by atoms with E-state index in [9.17, 15) is 18.3 Å². The smallest absolute Gasteiger partial charge is 0.322 e. The first-order valence-electron chi connectivity index (χ1n) is 7.34. The van der Waals surface area contributed by atoms with Gasteiger partial charge in [0.1, 0.15) is 6.04 Å². The van der Waals surface area contributed by atoms with Gasteiger partial charge in [0.25, 0.3) is 0 Å². The molecule has 1 aromatic rings. The molecule has 2 atom stereocenters. The Balaban J connectivity index is 1.98. The summed E-state index contributed by atoms with van der Waals surface area (Å²) >= 11 is 0. The minimum atomic E-state index is -3.70. The molecular formula is C15H21NO5S. The van der Waals surface area contributed by atoms with E-state index in [0.717, 1.165) is 18.4 Å². The first kappa shape index (κ1) is 16.9. The van der Waals surface area contributed by atoms with Gasteiger partial charge in [0.05, 0.1) is 11.9 Å². The number of carboxylic acids is 1. The summed E-state index contributed by atoms with van der Waals surface area (Å²) < 4.78 is 32.0. The number of sulfonamides is 1. The van der Waals surface area contributed by atoms with Crippen LogP contribution >= 0.6 is 0 Å². The summed E-state index contributed by atoms with van der Waals surface area (Å²) in [5, 5.41) is 9.25. The maximum Gasteiger partial charge on any atom is 0.322 e. The van der Waals surface area contributed by atoms with E-state index in [2.05, 4.69) is 4.72 Å². The van der Waals surface area contributed by atoms with Gasteiger partial charge in [-0.3, -0.25) is 4.79 Å². The molecule has 0 spiro atoms. The van der Waals surface area contributed by atoms with Crippen molar-refractivity contribution < 1.29 is 23.1 Å². The largest absolute Gasteiger partial charge is 0.480 e. The lowest BCUT2D eigenvalue weighted by Gasteiger charge is -2.23. The highest BCUT2D eigenvalue weighted by atomic mass is 32.2. The Labute approximate surface area is 130 Å². The molecule has 1 aliphatic heterocycles. The predicted molar refractivity (Wildman–Crippen MR) is 82.1 cm³/mol. The molecule has 0 amide bonds. The van der Waals surface area contributed by atoms with Crippen LogP contribution in [0.5, 0.6) is 0 Å². The molecule has 1 unspecified atom stereocenters. The molecule has 0 saturated carbocycles. The average Bonchev–Trinajstić information content (AvgIpc) is 2.48. The molecule has 2 N–H and O–H groups in total. The quantitative estimate of drug-likeness (QED) is 0.784. The fourth-order valence-electron chi connectivity index (χ4n) is 2.48. The van der Waals surface area contributed by atoms with E-state index >= 15 is 0 Å². The van der Waals surface area contributed by atoms with Crippen LogP contribution in [0.2, 0.25) is 0 Å². The maximum atomic E-state index is 12.1. The second kappa shape index (κ2) is 7.71. The third-order valence-electron chi connectivity index (χ3n) is 3.58. The summed E-state index contributed by atoms with van der Waals surface area (Å²) in [7, 11) is -3.70. The SMILES string of the molecule is O=C(O)[C@@H](Cc1ccccc1)NS(=O)(=O)CC1CCCCO1. The van der Waals surface area contributed by atoms with Crippen molar-refractivity contribution in [1.82, 2.24) is 4.72 Å². The number of carbonyl (C=O) groups is 1. The molecule has 1 fully saturated rings. The van der Waals surface area contributed by atoms with Crippen molar-refractivity contribution in [3.63, 3.8) is 0 Å². The van der Waals surface area contributed by atoms with E-state index in [1.807, 2.05) is 6.07 Å². The lowest BCUT2D eigenvalue weighted by molar-refractivity contribution is -0.138. The molecule has 0 aliphatic carbocycles. The molecule has 7 heteroatoms. The average molecular weight is 327 g/mol. The van der Waals surface area contributed by atoms with Crippen LogP contribution in [0.25, 0.3) is 0 Å². The number of rotatable bonds is 7. The van der Waals surface area contributed by atoms with Gasteiger partial charge in [-0.2, -0.15) is 0 Å². The van der Waals surface area contributed by atoms with Gasteiger partial charge in [0, 0.05) is 6.61 Å². The molecular weight excluding hydrogens is 306 g/mol. The first-order chi connectivity index (χ1) is 10.5. The minimum Gasteiger partial charge on any atom is -0.480 e. The summed E-state index contributed by atoms with van der Waals surface area (Å²) in [6.07, 6.45) is 2.33.